The van der Waals surface area contributed by atoms with Gasteiger partial charge in [0.2, 0.25) is 0 Å². The van der Waals surface area contributed by atoms with E-state index in [0.29, 0.717) is 0 Å². The molecule has 3 aromatic heterocycles. The van der Waals surface area contributed by atoms with Gasteiger partial charge in [0, 0.05) is 49.0 Å². The lowest BCUT2D eigenvalue weighted by atomic mass is 9.79. The van der Waals surface area contributed by atoms with Crippen molar-refractivity contribution < 1.29 is 0 Å². The molecule has 2 nitrogen and oxygen atoms in total. The van der Waals surface area contributed by atoms with Crippen LogP contribution >= 0.6 is 0 Å². The summed E-state index contributed by atoms with van der Waals surface area (Å²) in [6.07, 6.45) is 0. The monoisotopic (exact) mass is 935 g/mol. The Morgan fingerprint density at radius 1 is 0.319 bits per heavy atom. The van der Waals surface area contributed by atoms with E-state index in [1.165, 1.54) is 132 Å². The Bertz CT molecular complexity index is 4030. The van der Waals surface area contributed by atoms with Crippen molar-refractivity contribution in [2.24, 2.45) is 0 Å². The van der Waals surface area contributed by atoms with Crippen LogP contribution in [-0.4, -0.2) is 9.38 Å². The zero-order valence-corrected chi connectivity index (χ0v) is 44.2. The highest BCUT2D eigenvalue weighted by Crippen LogP contribution is 2.53. The summed E-state index contributed by atoms with van der Waals surface area (Å²) in [5.41, 5.74) is 23.7. The lowest BCUT2D eigenvalue weighted by Crippen LogP contribution is -2.16. The molecule has 0 bridgehead atoms. The maximum absolute atomic E-state index is 4.19. The van der Waals surface area contributed by atoms with Crippen LogP contribution in [0, 0.1) is 0 Å². The van der Waals surface area contributed by atoms with Crippen LogP contribution in [0.3, 0.4) is 0 Å². The van der Waals surface area contributed by atoms with Gasteiger partial charge in [0.05, 0.1) is 22.1 Å². The van der Waals surface area contributed by atoms with E-state index < -0.39 is 0 Å². The van der Waals surface area contributed by atoms with Crippen molar-refractivity contribution in [3.63, 3.8) is 0 Å². The van der Waals surface area contributed by atoms with E-state index in [9.17, 15) is 0 Å². The second-order valence-electron chi connectivity index (χ2n) is 24.8. The van der Waals surface area contributed by atoms with Crippen molar-refractivity contribution in [1.29, 1.82) is 0 Å². The molecule has 2 heteroatoms. The number of benzene rings is 9. The summed E-state index contributed by atoms with van der Waals surface area (Å²) in [6, 6.07) is 67.1. The molecule has 0 spiro atoms. The minimum Gasteiger partial charge on any atom is -0.354 e. The molecule has 356 valence electrons. The summed E-state index contributed by atoms with van der Waals surface area (Å²) in [4.78, 5) is 4.19. The third kappa shape index (κ3) is 7.44. The van der Waals surface area contributed by atoms with E-state index in [1.54, 1.807) is 0 Å². The summed E-state index contributed by atoms with van der Waals surface area (Å²) in [5.74, 6) is 0. The molecule has 3 heterocycles. The number of hydrogen-bond donors (Lipinski definition) is 1. The zero-order valence-electron chi connectivity index (χ0n) is 44.2. The molecule has 9 aromatic carbocycles. The Morgan fingerprint density at radius 2 is 0.806 bits per heavy atom. The summed E-state index contributed by atoms with van der Waals surface area (Å²) < 4.78 is 2.64. The predicted molar refractivity (Wildman–Crippen MR) is 312 cm³/mol. The molecule has 1 N–H and O–H groups in total. The van der Waals surface area contributed by atoms with Crippen molar-refractivity contribution in [2.45, 2.75) is 105 Å². The van der Waals surface area contributed by atoms with E-state index in [-0.39, 0.29) is 21.7 Å². The van der Waals surface area contributed by atoms with Crippen LogP contribution in [0.25, 0.3) is 116 Å². The molecule has 0 fully saturated rings. The van der Waals surface area contributed by atoms with Crippen LogP contribution < -0.4 is 0 Å². The first-order chi connectivity index (χ1) is 34.2. The smallest absolute Gasteiger partial charge is 0.0634 e. The van der Waals surface area contributed by atoms with Crippen molar-refractivity contribution >= 4 is 59.9 Å². The average molecular weight is 935 g/mol. The largest absolute Gasteiger partial charge is 0.354 e. The topological polar surface area (TPSA) is 20.2 Å². The van der Waals surface area contributed by atoms with E-state index in [0.717, 1.165) is 5.52 Å². The molecule has 0 aliphatic heterocycles. The Morgan fingerprint density at radius 3 is 1.38 bits per heavy atom. The Kier molecular flexibility index (Phi) is 10.2. The highest BCUT2D eigenvalue weighted by molar-refractivity contribution is 6.40. The number of hydrogen-bond acceptors (Lipinski definition) is 0. The number of aromatic amines is 1. The fourth-order valence-electron chi connectivity index (χ4n) is 11.5. The summed E-state index contributed by atoms with van der Waals surface area (Å²) in [5, 5.41) is 7.59. The third-order valence-corrected chi connectivity index (χ3v) is 15.6. The van der Waals surface area contributed by atoms with Crippen LogP contribution in [0.2, 0.25) is 0 Å². The molecule has 12 aromatic rings. The first-order valence-electron chi connectivity index (χ1n) is 26.0. The van der Waals surface area contributed by atoms with E-state index in [1.807, 2.05) is 0 Å². The van der Waals surface area contributed by atoms with Crippen LogP contribution in [0.1, 0.15) is 105 Å². The second-order valence-corrected chi connectivity index (χ2v) is 24.8. The fourth-order valence-corrected chi connectivity index (χ4v) is 11.5. The van der Waals surface area contributed by atoms with Gasteiger partial charge in [-0.3, -0.25) is 0 Å². The number of aromatic nitrogens is 2. The third-order valence-electron chi connectivity index (χ3n) is 15.6. The molecule has 0 amide bonds. The van der Waals surface area contributed by atoms with Crippen LogP contribution in [0.4, 0.5) is 0 Å². The number of rotatable bonds is 5. The molecule has 0 radical (unpaired) electrons. The first kappa shape index (κ1) is 45.7. The first-order valence-corrected chi connectivity index (χ1v) is 26.0. The van der Waals surface area contributed by atoms with Gasteiger partial charge in [0.1, 0.15) is 0 Å². The van der Waals surface area contributed by atoms with Gasteiger partial charge in [-0.15, -0.1) is 0 Å². The lowest BCUT2D eigenvalue weighted by molar-refractivity contribution is 0.568. The zero-order chi connectivity index (χ0) is 50.2. The number of para-hydroxylation sites is 1. The Balaban J connectivity index is 1.24. The molecular formula is C70H66N2. The normalized spacial score (nSPS) is 13.0. The summed E-state index contributed by atoms with van der Waals surface area (Å²) in [7, 11) is 0. The molecule has 0 aliphatic rings. The SMILES string of the molecule is CC(C)(C)c1cc(-c2ccc3c(c2)[nH]c2c(-c4cccc(-c5ccccc5)c4)c4c5ccc(-c6cc(C(C)(C)C)cc(C(C)(C)C)c6)cc5n5c6c(-c7ccccc7)cccc6c(c23)c45)cc(C(C)(C)C)c1. The number of nitrogens with one attached hydrogen (secondary N) is 1. The van der Waals surface area contributed by atoms with Gasteiger partial charge in [-0.25, -0.2) is 0 Å². The lowest BCUT2D eigenvalue weighted by Gasteiger charge is -2.26. The van der Waals surface area contributed by atoms with Crippen LogP contribution in [-0.2, 0) is 21.7 Å². The van der Waals surface area contributed by atoms with Gasteiger partial charge in [-0.2, -0.15) is 0 Å². The molecule has 12 rings (SSSR count). The summed E-state index contributed by atoms with van der Waals surface area (Å²) >= 11 is 0. The van der Waals surface area contributed by atoms with Crippen molar-refractivity contribution in [3.05, 3.63) is 198 Å². The Labute approximate surface area is 425 Å². The highest BCUT2D eigenvalue weighted by Gasteiger charge is 2.30. The van der Waals surface area contributed by atoms with Gasteiger partial charge in [0.15, 0.2) is 0 Å². The van der Waals surface area contributed by atoms with Gasteiger partial charge in [-0.05, 0) is 107 Å². The molecule has 0 saturated carbocycles. The molecule has 0 unspecified atom stereocenters. The van der Waals surface area contributed by atoms with E-state index in [4.69, 9.17) is 0 Å². The van der Waals surface area contributed by atoms with Gasteiger partial charge in [0.25, 0.3) is 0 Å². The molecule has 0 aliphatic carbocycles. The molecular weight excluding hydrogens is 869 g/mol. The van der Waals surface area contributed by atoms with Crippen molar-refractivity contribution in [2.75, 3.05) is 0 Å². The average Bonchev–Trinajstić information content (AvgIpc) is 4.02. The van der Waals surface area contributed by atoms with Crippen molar-refractivity contribution in [3.8, 4) is 55.6 Å². The molecule has 0 atom stereocenters. The standard InChI is InChI=1S/C70H66N2/c1-67(2,3)50-34-48(35-51(40-50)68(4,5)6)45-29-31-55-58(38-45)71-64-60(47-26-19-25-44(33-47)42-21-15-13-16-22-42)62-56-32-30-46(49-36-52(69(7,8)9)41-53(37-49)70(10,11)12)39-59(56)72-65-54(43-23-17-14-18-24-43)27-20-28-57(65)63(61(55)64)66(62)72/h13-41,71H,1-12H3. The van der Waals surface area contributed by atoms with Crippen molar-refractivity contribution in [1.82, 2.24) is 9.38 Å². The van der Waals surface area contributed by atoms with Gasteiger partial charge >= 0.3 is 0 Å². The maximum atomic E-state index is 4.19. The highest BCUT2D eigenvalue weighted by atomic mass is 14.9. The summed E-state index contributed by atoms with van der Waals surface area (Å²) in [6.45, 7) is 28.0. The van der Waals surface area contributed by atoms with Gasteiger partial charge in [-0.1, -0.05) is 241 Å². The minimum absolute atomic E-state index is 0.00398. The van der Waals surface area contributed by atoms with E-state index in [2.05, 4.69) is 268 Å². The molecule has 72 heavy (non-hydrogen) atoms. The fraction of sp³-hybridized carbons (Fsp3) is 0.229. The molecule has 0 saturated heterocycles. The maximum Gasteiger partial charge on any atom is 0.0634 e. The van der Waals surface area contributed by atoms with Crippen LogP contribution in [0.15, 0.2) is 176 Å². The Hall–Kier alpha value is -7.42. The predicted octanol–water partition coefficient (Wildman–Crippen LogP) is 20.0. The second kappa shape index (κ2) is 16.0. The quantitative estimate of drug-likeness (QED) is 0.177. The van der Waals surface area contributed by atoms with Gasteiger partial charge < -0.3 is 9.38 Å². The van der Waals surface area contributed by atoms with E-state index >= 15 is 0 Å². The number of H-pyrrole nitrogens is 1. The number of fused-ring (bicyclic) bond motifs is 10. The number of nitrogens with zero attached hydrogens (tertiary/aromatic N) is 1. The van der Waals surface area contributed by atoms with Crippen LogP contribution in [0.5, 0.6) is 0 Å². The minimum atomic E-state index is -0.00398.